The van der Waals surface area contributed by atoms with Gasteiger partial charge in [-0.1, -0.05) is 18.2 Å². The highest BCUT2D eigenvalue weighted by molar-refractivity contribution is 5.99. The number of carbonyl (C=O) groups excluding carboxylic acids is 1. The molecule has 8 nitrogen and oxygen atoms in total. The summed E-state index contributed by atoms with van der Waals surface area (Å²) in [7, 11) is 0. The molecular weight excluding hydrogens is 340 g/mol. The first-order chi connectivity index (χ1) is 12.5. The highest BCUT2D eigenvalue weighted by atomic mass is 16.7. The molecule has 0 spiro atoms. The van der Waals surface area contributed by atoms with Gasteiger partial charge in [0.05, 0.1) is 12.6 Å². The smallest absolute Gasteiger partial charge is 0.415 e. The van der Waals surface area contributed by atoms with Gasteiger partial charge in [-0.05, 0) is 42.3 Å². The zero-order valence-electron chi connectivity index (χ0n) is 14.0. The van der Waals surface area contributed by atoms with Crippen LogP contribution in [0.4, 0.5) is 15.3 Å². The molecule has 0 fully saturated rings. The molecule has 2 aromatic carbocycles. The van der Waals surface area contributed by atoms with Gasteiger partial charge < -0.3 is 25.0 Å². The van der Waals surface area contributed by atoms with Crippen molar-refractivity contribution in [2.24, 2.45) is 0 Å². The maximum absolute atomic E-state index is 12.1. The number of aliphatic hydroxyl groups is 1. The van der Waals surface area contributed by atoms with E-state index in [0.29, 0.717) is 22.1 Å². The predicted molar refractivity (Wildman–Crippen MR) is 93.4 cm³/mol. The van der Waals surface area contributed by atoms with Gasteiger partial charge in [0.1, 0.15) is 0 Å². The average Bonchev–Trinajstić information content (AvgIpc) is 3.09. The number of hydrogen-bond donors (Lipinski definition) is 3. The summed E-state index contributed by atoms with van der Waals surface area (Å²) in [5.74, 6) is 1.37. The lowest BCUT2D eigenvalue weighted by Crippen LogP contribution is -2.46. The maximum atomic E-state index is 12.1. The summed E-state index contributed by atoms with van der Waals surface area (Å²) in [6.45, 7) is 1.19. The molecule has 2 aromatic rings. The highest BCUT2D eigenvalue weighted by Crippen LogP contribution is 2.36. The van der Waals surface area contributed by atoms with E-state index in [1.165, 1.54) is 6.92 Å². The van der Waals surface area contributed by atoms with Crippen molar-refractivity contribution in [3.05, 3.63) is 42.5 Å². The number of hydrogen-bond acceptors (Lipinski definition) is 5. The molecular formula is C18H18N2O6. The molecule has 26 heavy (non-hydrogen) atoms. The Kier molecular flexibility index (Phi) is 4.94. The topological polar surface area (TPSA) is 108 Å². The lowest BCUT2D eigenvalue weighted by atomic mass is 10.0. The zero-order chi connectivity index (χ0) is 18.7. The van der Waals surface area contributed by atoms with Gasteiger partial charge in [0.15, 0.2) is 11.5 Å². The Hall–Kier alpha value is -3.26. The van der Waals surface area contributed by atoms with E-state index in [-0.39, 0.29) is 6.79 Å². The first kappa shape index (κ1) is 17.6. The van der Waals surface area contributed by atoms with E-state index >= 15 is 0 Å². The molecule has 0 radical (unpaired) electrons. The SMILES string of the molecule is CC(CO)N(C(=O)O)C(=O)Nc1ccc(-c2ccc3c(c2)OCO3)cc1. The Bertz CT molecular complexity index is 821. The number of rotatable bonds is 4. The molecule has 0 aromatic heterocycles. The van der Waals surface area contributed by atoms with E-state index in [1.54, 1.807) is 24.3 Å². The van der Waals surface area contributed by atoms with Crippen molar-refractivity contribution in [2.75, 3.05) is 18.7 Å². The van der Waals surface area contributed by atoms with Gasteiger partial charge in [-0.25, -0.2) is 14.5 Å². The van der Waals surface area contributed by atoms with Crippen molar-refractivity contribution in [3.8, 4) is 22.6 Å². The van der Waals surface area contributed by atoms with Crippen LogP contribution in [-0.4, -0.2) is 46.7 Å². The van der Waals surface area contributed by atoms with Crippen LogP contribution >= 0.6 is 0 Å². The number of benzene rings is 2. The summed E-state index contributed by atoms with van der Waals surface area (Å²) < 4.78 is 10.6. The summed E-state index contributed by atoms with van der Waals surface area (Å²) >= 11 is 0. The third-order valence-electron chi connectivity index (χ3n) is 3.97. The molecule has 0 aliphatic carbocycles. The van der Waals surface area contributed by atoms with Crippen LogP contribution in [0.15, 0.2) is 42.5 Å². The molecule has 3 amide bonds. The number of anilines is 1. The van der Waals surface area contributed by atoms with Crippen molar-refractivity contribution in [1.29, 1.82) is 0 Å². The lowest BCUT2D eigenvalue weighted by Gasteiger charge is -2.23. The van der Waals surface area contributed by atoms with Crippen molar-refractivity contribution >= 4 is 17.8 Å². The van der Waals surface area contributed by atoms with Gasteiger partial charge in [-0.2, -0.15) is 0 Å². The summed E-state index contributed by atoms with van der Waals surface area (Å²) in [5.41, 5.74) is 2.27. The van der Waals surface area contributed by atoms with E-state index in [9.17, 15) is 9.59 Å². The van der Waals surface area contributed by atoms with Gasteiger partial charge in [0.2, 0.25) is 6.79 Å². The Balaban J connectivity index is 1.73. The summed E-state index contributed by atoms with van der Waals surface area (Å²) in [6, 6.07) is 10.9. The Morgan fingerprint density at radius 1 is 1.12 bits per heavy atom. The molecule has 1 unspecified atom stereocenters. The van der Waals surface area contributed by atoms with E-state index in [4.69, 9.17) is 19.7 Å². The van der Waals surface area contributed by atoms with E-state index in [0.717, 1.165) is 11.1 Å². The number of fused-ring (bicyclic) bond motifs is 1. The largest absolute Gasteiger partial charge is 0.465 e. The number of nitrogens with one attached hydrogen (secondary N) is 1. The van der Waals surface area contributed by atoms with Crippen molar-refractivity contribution in [1.82, 2.24) is 4.90 Å². The fourth-order valence-electron chi connectivity index (χ4n) is 2.56. The molecule has 1 heterocycles. The minimum absolute atomic E-state index is 0.204. The molecule has 3 N–H and O–H groups in total. The fraction of sp³-hybridized carbons (Fsp3) is 0.222. The fourth-order valence-corrected chi connectivity index (χ4v) is 2.56. The second-order valence-corrected chi connectivity index (χ2v) is 5.76. The summed E-state index contributed by atoms with van der Waals surface area (Å²) in [6.07, 6.45) is -1.43. The van der Waals surface area contributed by atoms with Crippen molar-refractivity contribution in [3.63, 3.8) is 0 Å². The predicted octanol–water partition coefficient (Wildman–Crippen LogP) is 2.98. The molecule has 3 rings (SSSR count). The molecule has 1 atom stereocenters. The van der Waals surface area contributed by atoms with Crippen molar-refractivity contribution < 1.29 is 29.3 Å². The number of nitrogens with zero attached hydrogens (tertiary/aromatic N) is 1. The number of carboxylic acid groups (broad SMARTS) is 1. The molecule has 136 valence electrons. The van der Waals surface area contributed by atoms with Gasteiger partial charge in [-0.3, -0.25) is 0 Å². The molecule has 1 aliphatic heterocycles. The summed E-state index contributed by atoms with van der Waals surface area (Å²) in [4.78, 5) is 23.9. The van der Waals surface area contributed by atoms with Gasteiger partial charge >= 0.3 is 12.1 Å². The average molecular weight is 358 g/mol. The van der Waals surface area contributed by atoms with Crippen LogP contribution in [0.5, 0.6) is 11.5 Å². The van der Waals surface area contributed by atoms with Gasteiger partial charge in [0.25, 0.3) is 0 Å². The number of imide groups is 1. The van der Waals surface area contributed by atoms with Gasteiger partial charge in [0, 0.05) is 5.69 Å². The number of urea groups is 1. The lowest BCUT2D eigenvalue weighted by molar-refractivity contribution is 0.120. The Labute approximate surface area is 149 Å². The van der Waals surface area contributed by atoms with Crippen LogP contribution in [0, 0.1) is 0 Å². The second-order valence-electron chi connectivity index (χ2n) is 5.76. The minimum Gasteiger partial charge on any atom is -0.465 e. The zero-order valence-corrected chi connectivity index (χ0v) is 14.0. The van der Waals surface area contributed by atoms with E-state index in [1.807, 2.05) is 18.2 Å². The third-order valence-corrected chi connectivity index (χ3v) is 3.97. The standard InChI is InChI=1S/C18H18N2O6/c1-11(9-21)20(18(23)24)17(22)19-14-5-2-12(3-6-14)13-4-7-15-16(8-13)26-10-25-15/h2-8,11,21H,9-10H2,1H3,(H,19,22)(H,23,24). The van der Waals surface area contributed by atoms with Gasteiger partial charge in [-0.15, -0.1) is 0 Å². The van der Waals surface area contributed by atoms with Crippen LogP contribution in [0.3, 0.4) is 0 Å². The third kappa shape index (κ3) is 3.55. The first-order valence-electron chi connectivity index (χ1n) is 7.93. The first-order valence-corrected chi connectivity index (χ1v) is 7.93. The quantitative estimate of drug-likeness (QED) is 0.775. The number of carbonyl (C=O) groups is 2. The Morgan fingerprint density at radius 2 is 1.77 bits per heavy atom. The number of amides is 3. The summed E-state index contributed by atoms with van der Waals surface area (Å²) in [5, 5.41) is 20.7. The molecule has 1 aliphatic rings. The normalized spacial score (nSPS) is 13.2. The van der Waals surface area contributed by atoms with Crippen LogP contribution in [0.25, 0.3) is 11.1 Å². The molecule has 8 heteroatoms. The molecule has 0 saturated heterocycles. The minimum atomic E-state index is -1.43. The van der Waals surface area contributed by atoms with Crippen LogP contribution in [0.1, 0.15) is 6.92 Å². The monoisotopic (exact) mass is 358 g/mol. The highest BCUT2D eigenvalue weighted by Gasteiger charge is 2.26. The number of ether oxygens (including phenoxy) is 2. The maximum Gasteiger partial charge on any atom is 0.415 e. The molecule has 0 bridgehead atoms. The van der Waals surface area contributed by atoms with E-state index < -0.39 is 24.8 Å². The van der Waals surface area contributed by atoms with Crippen LogP contribution in [-0.2, 0) is 0 Å². The van der Waals surface area contributed by atoms with E-state index in [2.05, 4.69) is 5.32 Å². The Morgan fingerprint density at radius 3 is 2.42 bits per heavy atom. The van der Waals surface area contributed by atoms with Crippen LogP contribution in [0.2, 0.25) is 0 Å². The molecule has 0 saturated carbocycles. The van der Waals surface area contributed by atoms with Crippen molar-refractivity contribution in [2.45, 2.75) is 13.0 Å². The second kappa shape index (κ2) is 7.32. The van der Waals surface area contributed by atoms with Crippen LogP contribution < -0.4 is 14.8 Å². The number of aliphatic hydroxyl groups excluding tert-OH is 1.